The van der Waals surface area contributed by atoms with Gasteiger partial charge in [-0.1, -0.05) is 29.0 Å². The second-order valence-corrected chi connectivity index (χ2v) is 11.9. The minimum Gasteiger partial charge on any atom is -0.307 e. The van der Waals surface area contributed by atoms with Crippen molar-refractivity contribution in [1.82, 2.24) is 9.97 Å². The number of hydrogen-bond acceptors (Lipinski definition) is 6. The summed E-state index contributed by atoms with van der Waals surface area (Å²) in [5, 5.41) is 1.66. The number of H-pyrrole nitrogens is 1. The second-order valence-electron chi connectivity index (χ2n) is 9.24. The predicted octanol–water partition coefficient (Wildman–Crippen LogP) is 4.16. The van der Waals surface area contributed by atoms with Gasteiger partial charge in [0.1, 0.15) is 0 Å². The first-order chi connectivity index (χ1) is 16.0. The van der Waals surface area contributed by atoms with Crippen molar-refractivity contribution in [3.8, 4) is 0 Å². The van der Waals surface area contributed by atoms with E-state index in [9.17, 15) is 14.4 Å². The number of aromatic amines is 1. The van der Waals surface area contributed by atoms with Gasteiger partial charge in [0.2, 0.25) is 11.8 Å². The third kappa shape index (κ3) is 2.68. The minimum absolute atomic E-state index is 0.00679. The van der Waals surface area contributed by atoms with E-state index >= 15 is 0 Å². The third-order valence-electron chi connectivity index (χ3n) is 7.85. The molecule has 7 atom stereocenters. The average molecular weight is 496 g/mol. The molecular weight excluding hydrogens is 478 g/mol. The summed E-state index contributed by atoms with van der Waals surface area (Å²) < 4.78 is 0. The summed E-state index contributed by atoms with van der Waals surface area (Å²) in [6.07, 6.45) is 4.50. The highest BCUT2D eigenvalue weighted by molar-refractivity contribution is 8.00. The Kier molecular flexibility index (Phi) is 4.27. The fourth-order valence-corrected chi connectivity index (χ4v) is 9.81. The molecule has 4 heterocycles. The van der Waals surface area contributed by atoms with Crippen LogP contribution in [0.2, 0.25) is 5.02 Å². The number of thioether (sulfide) groups is 1. The lowest BCUT2D eigenvalue weighted by Crippen LogP contribution is -2.42. The first-order valence-electron chi connectivity index (χ1n) is 11.0. The smallest absolute Gasteiger partial charge is 0.305 e. The molecule has 7 rings (SSSR count). The molecule has 0 spiro atoms. The lowest BCUT2D eigenvalue weighted by molar-refractivity contribution is -0.123. The van der Waals surface area contributed by atoms with Gasteiger partial charge < -0.3 is 4.98 Å². The van der Waals surface area contributed by atoms with Crippen molar-refractivity contribution in [1.29, 1.82) is 0 Å². The summed E-state index contributed by atoms with van der Waals surface area (Å²) in [6.45, 7) is 0. The van der Waals surface area contributed by atoms with Crippen LogP contribution < -0.4 is 9.77 Å². The zero-order valence-electron chi connectivity index (χ0n) is 17.2. The van der Waals surface area contributed by atoms with E-state index in [1.165, 1.54) is 16.2 Å². The van der Waals surface area contributed by atoms with E-state index in [-0.39, 0.29) is 57.4 Å². The van der Waals surface area contributed by atoms with Crippen LogP contribution in [0.4, 0.5) is 5.69 Å². The lowest BCUT2D eigenvalue weighted by atomic mass is 9.68. The largest absolute Gasteiger partial charge is 0.307 e. The SMILES string of the molecule is O=C1[C@@H]2[C@H]3C[C@@H]([C@@H]2C(=O)N1c1ccc(Cl)cc1)[C@@H]1[C@@H](c2cccnc2)c2sc(=O)[nH]c2S[C@@H]31. The highest BCUT2D eigenvalue weighted by Gasteiger charge is 2.69. The quantitative estimate of drug-likeness (QED) is 0.540. The number of anilines is 1. The van der Waals surface area contributed by atoms with E-state index in [0.717, 1.165) is 21.9 Å². The monoisotopic (exact) mass is 495 g/mol. The van der Waals surface area contributed by atoms with Gasteiger partial charge in [-0.25, -0.2) is 0 Å². The Morgan fingerprint density at radius 2 is 1.79 bits per heavy atom. The second kappa shape index (κ2) is 7.04. The first kappa shape index (κ1) is 20.0. The number of carbonyl (C=O) groups is 2. The Bertz CT molecular complexity index is 1360. The molecule has 2 aromatic heterocycles. The van der Waals surface area contributed by atoms with Crippen molar-refractivity contribution in [2.75, 3.05) is 4.90 Å². The number of rotatable bonds is 2. The van der Waals surface area contributed by atoms with Crippen molar-refractivity contribution >= 4 is 52.2 Å². The summed E-state index contributed by atoms with van der Waals surface area (Å²) in [7, 11) is 0. The van der Waals surface area contributed by atoms with Gasteiger partial charge in [-0.15, -0.1) is 11.8 Å². The normalized spacial score (nSPS) is 33.8. The molecule has 2 aliphatic heterocycles. The summed E-state index contributed by atoms with van der Waals surface area (Å²) in [5.41, 5.74) is 1.66. The van der Waals surface area contributed by atoms with E-state index in [4.69, 9.17) is 11.6 Å². The number of carbonyl (C=O) groups excluding carboxylic acids is 2. The van der Waals surface area contributed by atoms with Crippen LogP contribution in [-0.2, 0) is 9.59 Å². The summed E-state index contributed by atoms with van der Waals surface area (Å²) in [6, 6.07) is 10.9. The molecule has 2 amide bonds. The molecule has 9 heteroatoms. The van der Waals surface area contributed by atoms with Crippen molar-refractivity contribution in [2.45, 2.75) is 22.6 Å². The zero-order chi connectivity index (χ0) is 22.4. The van der Waals surface area contributed by atoms with Crippen LogP contribution >= 0.6 is 34.7 Å². The number of fused-ring (bicyclic) bond motifs is 9. The number of nitrogens with one attached hydrogen (secondary N) is 1. The van der Waals surface area contributed by atoms with E-state index in [2.05, 4.69) is 16.0 Å². The molecule has 3 aromatic rings. The van der Waals surface area contributed by atoms with Crippen LogP contribution in [0.25, 0.3) is 0 Å². The van der Waals surface area contributed by atoms with E-state index < -0.39 is 0 Å². The fraction of sp³-hybridized carbons (Fsp3) is 0.333. The van der Waals surface area contributed by atoms with Gasteiger partial charge >= 0.3 is 4.87 Å². The highest BCUT2D eigenvalue weighted by Crippen LogP contribution is 2.68. The maximum atomic E-state index is 13.6. The standard InChI is InChI=1S/C24H18ClN3O3S2/c25-11-3-5-12(6-4-11)28-22(29)17-13-8-14(18(17)23(28)30)19-16(13)15(10-2-1-7-26-9-10)20-21(32-19)27-24(31)33-20/h1-7,9,13-19H,8H2,(H,27,31)/t13-,14-,15-,16-,17+,18-,19+/m1/s1. The van der Waals surface area contributed by atoms with Gasteiger partial charge in [0.05, 0.1) is 22.5 Å². The van der Waals surface area contributed by atoms with Gasteiger partial charge in [-0.3, -0.25) is 24.3 Å². The molecule has 6 nitrogen and oxygen atoms in total. The maximum absolute atomic E-state index is 13.6. The topological polar surface area (TPSA) is 83.1 Å². The molecule has 1 saturated heterocycles. The molecule has 2 aliphatic carbocycles. The Balaban J connectivity index is 1.33. The molecule has 4 aliphatic rings. The van der Waals surface area contributed by atoms with E-state index in [1.54, 1.807) is 42.2 Å². The van der Waals surface area contributed by atoms with Crippen LogP contribution in [0.15, 0.2) is 58.6 Å². The average Bonchev–Trinajstić information content (AvgIpc) is 3.54. The molecule has 1 N–H and O–H groups in total. The van der Waals surface area contributed by atoms with Crippen molar-refractivity contribution in [2.24, 2.45) is 29.6 Å². The Morgan fingerprint density at radius 3 is 2.52 bits per heavy atom. The molecule has 33 heavy (non-hydrogen) atoms. The number of nitrogens with zero attached hydrogens (tertiary/aromatic N) is 2. The maximum Gasteiger partial charge on any atom is 0.305 e. The molecular formula is C24H18ClN3O3S2. The molecule has 0 unspecified atom stereocenters. The number of benzene rings is 1. The van der Waals surface area contributed by atoms with Crippen molar-refractivity contribution in [3.63, 3.8) is 0 Å². The van der Waals surface area contributed by atoms with Crippen LogP contribution in [0.1, 0.15) is 22.8 Å². The van der Waals surface area contributed by atoms with Gasteiger partial charge in [0.25, 0.3) is 0 Å². The fourth-order valence-electron chi connectivity index (χ4n) is 6.79. The molecule has 2 saturated carbocycles. The van der Waals surface area contributed by atoms with E-state index in [0.29, 0.717) is 10.7 Å². The molecule has 1 aromatic carbocycles. The molecule has 0 radical (unpaired) electrons. The minimum atomic E-state index is -0.309. The molecule has 2 bridgehead atoms. The summed E-state index contributed by atoms with van der Waals surface area (Å²) in [4.78, 5) is 49.2. The molecule has 166 valence electrons. The number of amides is 2. The molecule has 3 fully saturated rings. The zero-order valence-corrected chi connectivity index (χ0v) is 19.6. The van der Waals surface area contributed by atoms with Crippen LogP contribution in [-0.4, -0.2) is 27.0 Å². The number of imide groups is 1. The van der Waals surface area contributed by atoms with Crippen molar-refractivity contribution < 1.29 is 9.59 Å². The van der Waals surface area contributed by atoms with Gasteiger partial charge in [-0.05, 0) is 60.1 Å². The number of pyridine rings is 1. The number of hydrogen-bond donors (Lipinski definition) is 1. The van der Waals surface area contributed by atoms with Crippen LogP contribution in [0, 0.1) is 29.6 Å². The van der Waals surface area contributed by atoms with Crippen LogP contribution in [0.3, 0.4) is 0 Å². The Hall–Kier alpha value is -2.42. The first-order valence-corrected chi connectivity index (χ1v) is 13.0. The Morgan fingerprint density at radius 1 is 1.03 bits per heavy atom. The number of aromatic nitrogens is 2. The van der Waals surface area contributed by atoms with Crippen LogP contribution in [0.5, 0.6) is 0 Å². The Labute approximate surface area is 202 Å². The third-order valence-corrected chi connectivity index (χ3v) is 10.7. The van der Waals surface area contributed by atoms with E-state index in [1.807, 2.05) is 12.3 Å². The van der Waals surface area contributed by atoms with Crippen molar-refractivity contribution in [3.05, 3.63) is 73.9 Å². The number of thiazole rings is 1. The predicted molar refractivity (Wildman–Crippen MR) is 127 cm³/mol. The summed E-state index contributed by atoms with van der Waals surface area (Å²) in [5.74, 6) is -0.396. The lowest BCUT2D eigenvalue weighted by Gasteiger charge is -2.42. The van der Waals surface area contributed by atoms with Gasteiger partial charge in [0, 0.05) is 33.5 Å². The number of halogens is 1. The van der Waals surface area contributed by atoms with Gasteiger partial charge in [-0.2, -0.15) is 0 Å². The highest BCUT2D eigenvalue weighted by atomic mass is 35.5. The summed E-state index contributed by atoms with van der Waals surface area (Å²) >= 11 is 8.98. The van der Waals surface area contributed by atoms with Gasteiger partial charge in [0.15, 0.2) is 0 Å².